The summed E-state index contributed by atoms with van der Waals surface area (Å²) in [6.07, 6.45) is 0. The molecular formula is C18H15BrN2O3. The van der Waals surface area contributed by atoms with E-state index in [9.17, 15) is 14.4 Å². The molecular weight excluding hydrogens is 372 g/mol. The average molecular weight is 387 g/mol. The number of imide groups is 1. The maximum atomic E-state index is 12.8. The molecule has 24 heavy (non-hydrogen) atoms. The maximum Gasteiger partial charge on any atom is 0.325 e. The Bertz CT molecular complexity index is 822. The molecule has 0 unspecified atom stereocenters. The van der Waals surface area contributed by atoms with Gasteiger partial charge in [0.25, 0.3) is 5.91 Å². The molecule has 1 N–H and O–H groups in total. The molecule has 2 aromatic carbocycles. The summed E-state index contributed by atoms with van der Waals surface area (Å²) >= 11 is 3.36. The minimum atomic E-state index is -1.18. The second kappa shape index (κ2) is 6.20. The van der Waals surface area contributed by atoms with Crippen LogP contribution in [0.15, 0.2) is 59.1 Å². The van der Waals surface area contributed by atoms with Gasteiger partial charge in [0.1, 0.15) is 5.54 Å². The molecule has 0 bridgehead atoms. The van der Waals surface area contributed by atoms with E-state index in [1.807, 2.05) is 6.07 Å². The number of carbonyl (C=O) groups is 3. The number of halogens is 1. The third-order valence-electron chi connectivity index (χ3n) is 4.07. The van der Waals surface area contributed by atoms with Crippen LogP contribution in [0.25, 0.3) is 0 Å². The number of rotatable bonds is 4. The predicted molar refractivity (Wildman–Crippen MR) is 92.5 cm³/mol. The molecule has 122 valence electrons. The lowest BCUT2D eigenvalue weighted by Gasteiger charge is -2.22. The monoisotopic (exact) mass is 386 g/mol. The van der Waals surface area contributed by atoms with Crippen molar-refractivity contribution in [3.05, 3.63) is 70.2 Å². The third-order valence-corrected chi connectivity index (χ3v) is 4.57. The number of urea groups is 1. The Labute approximate surface area is 147 Å². The van der Waals surface area contributed by atoms with E-state index in [0.717, 1.165) is 9.37 Å². The van der Waals surface area contributed by atoms with Crippen molar-refractivity contribution in [1.29, 1.82) is 0 Å². The molecule has 1 aliphatic heterocycles. The van der Waals surface area contributed by atoms with Gasteiger partial charge in [0, 0.05) is 10.0 Å². The van der Waals surface area contributed by atoms with Gasteiger partial charge in [-0.15, -0.1) is 0 Å². The van der Waals surface area contributed by atoms with E-state index in [2.05, 4.69) is 21.2 Å². The molecule has 1 atom stereocenters. The Kier molecular flexibility index (Phi) is 4.24. The first kappa shape index (κ1) is 16.4. The Morgan fingerprint density at radius 2 is 1.83 bits per heavy atom. The van der Waals surface area contributed by atoms with E-state index in [-0.39, 0.29) is 12.3 Å². The maximum absolute atomic E-state index is 12.8. The molecule has 1 saturated heterocycles. The summed E-state index contributed by atoms with van der Waals surface area (Å²) in [4.78, 5) is 38.3. The van der Waals surface area contributed by atoms with Crippen molar-refractivity contribution in [2.24, 2.45) is 0 Å². The van der Waals surface area contributed by atoms with Crippen LogP contribution in [0.3, 0.4) is 0 Å². The molecule has 1 heterocycles. The molecule has 5 nitrogen and oxygen atoms in total. The molecule has 3 rings (SSSR count). The molecule has 2 aromatic rings. The van der Waals surface area contributed by atoms with E-state index in [1.165, 1.54) is 0 Å². The zero-order valence-corrected chi connectivity index (χ0v) is 14.5. The molecule has 0 spiro atoms. The van der Waals surface area contributed by atoms with Gasteiger partial charge < -0.3 is 5.32 Å². The number of nitrogens with one attached hydrogen (secondary N) is 1. The highest BCUT2D eigenvalue weighted by Crippen LogP contribution is 2.30. The Balaban J connectivity index is 1.85. The molecule has 0 aliphatic carbocycles. The minimum Gasteiger partial charge on any atom is -0.319 e. The lowest BCUT2D eigenvalue weighted by Crippen LogP contribution is -2.41. The van der Waals surface area contributed by atoms with Gasteiger partial charge >= 0.3 is 6.03 Å². The molecule has 1 fully saturated rings. The van der Waals surface area contributed by atoms with Crippen LogP contribution in [0, 0.1) is 0 Å². The number of ketones is 1. The van der Waals surface area contributed by atoms with Crippen molar-refractivity contribution in [2.75, 3.05) is 6.54 Å². The first-order chi connectivity index (χ1) is 11.4. The first-order valence-corrected chi connectivity index (χ1v) is 8.19. The lowest BCUT2D eigenvalue weighted by atomic mass is 9.92. The van der Waals surface area contributed by atoms with Gasteiger partial charge in [-0.2, -0.15) is 0 Å². The fourth-order valence-electron chi connectivity index (χ4n) is 2.69. The van der Waals surface area contributed by atoms with Crippen LogP contribution in [0.2, 0.25) is 0 Å². The van der Waals surface area contributed by atoms with Gasteiger partial charge in [0.15, 0.2) is 5.78 Å². The van der Waals surface area contributed by atoms with Gasteiger partial charge in [-0.05, 0) is 24.6 Å². The summed E-state index contributed by atoms with van der Waals surface area (Å²) in [6, 6.07) is 15.2. The number of nitrogens with zero attached hydrogens (tertiary/aromatic N) is 1. The number of benzene rings is 2. The second-order valence-corrected chi connectivity index (χ2v) is 6.66. The molecule has 1 aliphatic rings. The van der Waals surface area contributed by atoms with E-state index >= 15 is 0 Å². The summed E-state index contributed by atoms with van der Waals surface area (Å²) in [7, 11) is 0. The Morgan fingerprint density at radius 1 is 1.12 bits per heavy atom. The smallest absolute Gasteiger partial charge is 0.319 e. The number of Topliss-reactive ketones (excluding diaryl/α,β-unsaturated/α-hetero) is 1. The van der Waals surface area contributed by atoms with Crippen LogP contribution in [0.5, 0.6) is 0 Å². The van der Waals surface area contributed by atoms with Crippen molar-refractivity contribution >= 4 is 33.7 Å². The normalized spacial score (nSPS) is 20.2. The van der Waals surface area contributed by atoms with Crippen LogP contribution in [0.4, 0.5) is 4.79 Å². The van der Waals surface area contributed by atoms with Gasteiger partial charge in [-0.3, -0.25) is 14.5 Å². The second-order valence-electron chi connectivity index (χ2n) is 5.75. The van der Waals surface area contributed by atoms with E-state index in [4.69, 9.17) is 0 Å². The zero-order chi connectivity index (χ0) is 17.3. The van der Waals surface area contributed by atoms with E-state index in [0.29, 0.717) is 11.1 Å². The number of amides is 3. The van der Waals surface area contributed by atoms with Crippen LogP contribution >= 0.6 is 15.9 Å². The first-order valence-electron chi connectivity index (χ1n) is 7.40. The zero-order valence-electron chi connectivity index (χ0n) is 13.0. The number of hydrogen-bond acceptors (Lipinski definition) is 3. The third kappa shape index (κ3) is 2.85. The van der Waals surface area contributed by atoms with Crippen molar-refractivity contribution in [1.82, 2.24) is 10.2 Å². The quantitative estimate of drug-likeness (QED) is 0.648. The van der Waals surface area contributed by atoms with E-state index < -0.39 is 17.5 Å². The van der Waals surface area contributed by atoms with E-state index in [1.54, 1.807) is 55.5 Å². The summed E-state index contributed by atoms with van der Waals surface area (Å²) in [5.41, 5.74) is -0.0586. The fraction of sp³-hybridized carbons (Fsp3) is 0.167. The van der Waals surface area contributed by atoms with Gasteiger partial charge in [-0.1, -0.05) is 58.4 Å². The van der Waals surface area contributed by atoms with Gasteiger partial charge in [0.05, 0.1) is 6.54 Å². The Morgan fingerprint density at radius 3 is 2.50 bits per heavy atom. The average Bonchev–Trinajstić information content (AvgIpc) is 2.80. The SMILES string of the molecule is C[C@]1(c2cccc(Br)c2)NC(=O)N(CC(=O)c2ccccc2)C1=O. The highest BCUT2D eigenvalue weighted by Gasteiger charge is 2.49. The Hall–Kier alpha value is -2.47. The minimum absolute atomic E-state index is 0.279. The lowest BCUT2D eigenvalue weighted by molar-refractivity contribution is -0.130. The summed E-state index contributed by atoms with van der Waals surface area (Å²) in [6.45, 7) is 1.36. The highest BCUT2D eigenvalue weighted by atomic mass is 79.9. The fourth-order valence-corrected chi connectivity index (χ4v) is 3.09. The van der Waals surface area contributed by atoms with Crippen molar-refractivity contribution < 1.29 is 14.4 Å². The number of carbonyl (C=O) groups excluding carboxylic acids is 3. The van der Waals surface area contributed by atoms with Crippen molar-refractivity contribution in [3.8, 4) is 0 Å². The molecule has 0 aromatic heterocycles. The van der Waals surface area contributed by atoms with Crippen molar-refractivity contribution in [2.45, 2.75) is 12.5 Å². The van der Waals surface area contributed by atoms with Crippen LogP contribution < -0.4 is 5.32 Å². The van der Waals surface area contributed by atoms with Gasteiger partial charge in [0.2, 0.25) is 0 Å². The summed E-state index contributed by atoms with van der Waals surface area (Å²) < 4.78 is 0.807. The predicted octanol–water partition coefficient (Wildman–Crippen LogP) is 3.10. The highest BCUT2D eigenvalue weighted by molar-refractivity contribution is 9.10. The van der Waals surface area contributed by atoms with Crippen LogP contribution in [-0.2, 0) is 10.3 Å². The number of hydrogen-bond donors (Lipinski definition) is 1. The topological polar surface area (TPSA) is 66.5 Å². The van der Waals surface area contributed by atoms with Crippen LogP contribution in [-0.4, -0.2) is 29.2 Å². The van der Waals surface area contributed by atoms with Gasteiger partial charge in [-0.25, -0.2) is 4.79 Å². The largest absolute Gasteiger partial charge is 0.325 e. The summed E-state index contributed by atoms with van der Waals surface area (Å²) in [5.74, 6) is -0.715. The molecule has 0 radical (unpaired) electrons. The van der Waals surface area contributed by atoms with Crippen LogP contribution in [0.1, 0.15) is 22.8 Å². The summed E-state index contributed by atoms with van der Waals surface area (Å²) in [5, 5.41) is 2.69. The standard InChI is InChI=1S/C18H15BrN2O3/c1-18(13-8-5-9-14(19)10-13)16(23)21(17(24)20-18)11-15(22)12-6-3-2-4-7-12/h2-10H,11H2,1H3,(H,20,24)/t18-/m1/s1. The van der Waals surface area contributed by atoms with Crippen molar-refractivity contribution in [3.63, 3.8) is 0 Å². The molecule has 0 saturated carbocycles. The molecule has 3 amide bonds. The molecule has 6 heteroatoms.